The molecule has 1 aromatic carbocycles. The Morgan fingerprint density at radius 3 is 2.48 bits per heavy atom. The summed E-state index contributed by atoms with van der Waals surface area (Å²) >= 11 is 1.62. The molecule has 0 spiro atoms. The molecule has 2 aromatic rings. The molecule has 3 nitrogen and oxygen atoms in total. The lowest BCUT2D eigenvalue weighted by atomic mass is 9.87. The van der Waals surface area contributed by atoms with Gasteiger partial charge in [-0.2, -0.15) is 11.3 Å². The fourth-order valence-corrected chi connectivity index (χ4v) is 2.51. The van der Waals surface area contributed by atoms with E-state index in [1.165, 1.54) is 5.56 Å². The molecule has 0 aliphatic rings. The topological polar surface area (TPSA) is 38.3 Å². The lowest BCUT2D eigenvalue weighted by molar-refractivity contribution is -0.123. The standard InChI is InChI=1S/C17H21NO2S/c1-17(2,3)14-4-6-15(7-5-14)20-11-16(19)18-10-13-8-9-21-12-13/h4-9,12H,10-11H2,1-3H3,(H,18,19). The summed E-state index contributed by atoms with van der Waals surface area (Å²) in [4.78, 5) is 11.7. The van der Waals surface area contributed by atoms with Crippen molar-refractivity contribution in [1.82, 2.24) is 5.32 Å². The van der Waals surface area contributed by atoms with Crippen LogP contribution in [0.3, 0.4) is 0 Å². The average molecular weight is 303 g/mol. The van der Waals surface area contributed by atoms with Gasteiger partial charge in [-0.25, -0.2) is 0 Å². The molecule has 1 aromatic heterocycles. The molecule has 0 bridgehead atoms. The minimum absolute atomic E-state index is 0.0407. The maximum absolute atomic E-state index is 11.7. The van der Waals surface area contributed by atoms with Crippen LogP contribution in [-0.2, 0) is 16.8 Å². The first-order valence-corrected chi connectivity index (χ1v) is 7.90. The Morgan fingerprint density at radius 1 is 1.19 bits per heavy atom. The van der Waals surface area contributed by atoms with Crippen LogP contribution < -0.4 is 10.1 Å². The Kier molecular flexibility index (Phi) is 5.02. The third-order valence-electron chi connectivity index (χ3n) is 3.16. The third-order valence-corrected chi connectivity index (χ3v) is 3.89. The van der Waals surface area contributed by atoms with Crippen molar-refractivity contribution in [3.8, 4) is 5.75 Å². The largest absolute Gasteiger partial charge is 0.484 e. The van der Waals surface area contributed by atoms with Gasteiger partial charge < -0.3 is 10.1 Å². The maximum Gasteiger partial charge on any atom is 0.258 e. The summed E-state index contributed by atoms with van der Waals surface area (Å²) in [5.41, 5.74) is 2.48. The molecule has 0 saturated heterocycles. The summed E-state index contributed by atoms with van der Waals surface area (Å²) in [6, 6.07) is 9.90. The molecule has 1 N–H and O–H groups in total. The molecular weight excluding hydrogens is 282 g/mol. The fraction of sp³-hybridized carbons (Fsp3) is 0.353. The summed E-state index contributed by atoms with van der Waals surface area (Å²) in [6.07, 6.45) is 0. The Bertz CT molecular complexity index is 568. The SMILES string of the molecule is CC(C)(C)c1ccc(OCC(=O)NCc2ccsc2)cc1. The van der Waals surface area contributed by atoms with E-state index in [1.807, 2.05) is 41.1 Å². The molecule has 2 rings (SSSR count). The van der Waals surface area contributed by atoms with E-state index in [4.69, 9.17) is 4.74 Å². The van der Waals surface area contributed by atoms with Crippen molar-refractivity contribution in [3.05, 3.63) is 52.2 Å². The van der Waals surface area contributed by atoms with Crippen molar-refractivity contribution in [1.29, 1.82) is 0 Å². The van der Waals surface area contributed by atoms with Crippen molar-refractivity contribution < 1.29 is 9.53 Å². The zero-order valence-corrected chi connectivity index (χ0v) is 13.5. The monoisotopic (exact) mass is 303 g/mol. The average Bonchev–Trinajstić information content (AvgIpc) is 2.95. The highest BCUT2D eigenvalue weighted by atomic mass is 32.1. The number of carbonyl (C=O) groups excluding carboxylic acids is 1. The highest BCUT2D eigenvalue weighted by Gasteiger charge is 2.13. The predicted molar refractivity (Wildman–Crippen MR) is 86.8 cm³/mol. The van der Waals surface area contributed by atoms with Crippen molar-refractivity contribution >= 4 is 17.2 Å². The number of amides is 1. The minimum atomic E-state index is -0.110. The first-order valence-electron chi connectivity index (χ1n) is 6.96. The fourth-order valence-electron chi connectivity index (χ4n) is 1.84. The van der Waals surface area contributed by atoms with E-state index in [2.05, 4.69) is 26.1 Å². The second-order valence-electron chi connectivity index (χ2n) is 5.97. The van der Waals surface area contributed by atoms with Crippen molar-refractivity contribution in [3.63, 3.8) is 0 Å². The lowest BCUT2D eigenvalue weighted by Crippen LogP contribution is -2.28. The van der Waals surface area contributed by atoms with Gasteiger partial charge in [-0.3, -0.25) is 4.79 Å². The van der Waals surface area contributed by atoms with E-state index in [0.29, 0.717) is 12.3 Å². The summed E-state index contributed by atoms with van der Waals surface area (Å²) in [6.45, 7) is 7.09. The number of ether oxygens (including phenoxy) is 1. The number of thiophene rings is 1. The molecule has 0 fully saturated rings. The normalized spacial score (nSPS) is 11.2. The van der Waals surface area contributed by atoms with E-state index < -0.39 is 0 Å². The van der Waals surface area contributed by atoms with Crippen LogP contribution in [0.25, 0.3) is 0 Å². The zero-order chi connectivity index (χ0) is 15.3. The molecule has 0 saturated carbocycles. The molecule has 1 amide bonds. The number of nitrogens with one attached hydrogen (secondary N) is 1. The molecule has 0 unspecified atom stereocenters. The van der Waals surface area contributed by atoms with E-state index in [1.54, 1.807) is 11.3 Å². The zero-order valence-electron chi connectivity index (χ0n) is 12.7. The Balaban J connectivity index is 1.78. The van der Waals surface area contributed by atoms with E-state index in [-0.39, 0.29) is 17.9 Å². The molecule has 1 heterocycles. The Morgan fingerprint density at radius 2 is 1.90 bits per heavy atom. The van der Waals surface area contributed by atoms with Crippen LogP contribution in [0.4, 0.5) is 0 Å². The lowest BCUT2D eigenvalue weighted by Gasteiger charge is -2.19. The molecule has 0 atom stereocenters. The van der Waals surface area contributed by atoms with Crippen LogP contribution in [0.5, 0.6) is 5.75 Å². The number of benzene rings is 1. The summed E-state index contributed by atoms with van der Waals surface area (Å²) in [5.74, 6) is 0.606. The van der Waals surface area contributed by atoms with Crippen LogP contribution in [0.1, 0.15) is 31.9 Å². The Labute approximate surface area is 130 Å². The molecule has 21 heavy (non-hydrogen) atoms. The van der Waals surface area contributed by atoms with Gasteiger partial charge in [0.1, 0.15) is 5.75 Å². The predicted octanol–water partition coefficient (Wildman–Crippen LogP) is 3.74. The molecule has 0 aliphatic heterocycles. The van der Waals surface area contributed by atoms with Gasteiger partial charge >= 0.3 is 0 Å². The molecule has 112 valence electrons. The minimum Gasteiger partial charge on any atom is -0.484 e. The third kappa shape index (κ3) is 4.90. The first kappa shape index (κ1) is 15.6. The summed E-state index contributed by atoms with van der Waals surface area (Å²) < 4.78 is 5.50. The second-order valence-corrected chi connectivity index (χ2v) is 6.75. The number of hydrogen-bond donors (Lipinski definition) is 1. The van der Waals surface area contributed by atoms with Gasteiger partial charge in [0.2, 0.25) is 0 Å². The van der Waals surface area contributed by atoms with Crippen LogP contribution in [-0.4, -0.2) is 12.5 Å². The smallest absolute Gasteiger partial charge is 0.258 e. The van der Waals surface area contributed by atoms with Gasteiger partial charge in [0.25, 0.3) is 5.91 Å². The van der Waals surface area contributed by atoms with Gasteiger partial charge in [0, 0.05) is 6.54 Å². The van der Waals surface area contributed by atoms with Crippen LogP contribution in [0.2, 0.25) is 0 Å². The molecule has 0 aliphatic carbocycles. The van der Waals surface area contributed by atoms with Crippen LogP contribution in [0, 0.1) is 0 Å². The van der Waals surface area contributed by atoms with Crippen molar-refractivity contribution in [2.24, 2.45) is 0 Å². The second kappa shape index (κ2) is 6.76. The summed E-state index contributed by atoms with van der Waals surface area (Å²) in [5, 5.41) is 6.85. The van der Waals surface area contributed by atoms with E-state index in [0.717, 1.165) is 5.56 Å². The number of carbonyl (C=O) groups is 1. The highest BCUT2D eigenvalue weighted by molar-refractivity contribution is 7.07. The van der Waals surface area contributed by atoms with Gasteiger partial charge in [-0.05, 0) is 45.5 Å². The Hall–Kier alpha value is -1.81. The maximum atomic E-state index is 11.7. The highest BCUT2D eigenvalue weighted by Crippen LogP contribution is 2.24. The van der Waals surface area contributed by atoms with Gasteiger partial charge in [0.05, 0.1) is 0 Å². The molecular formula is C17H21NO2S. The molecule has 0 radical (unpaired) electrons. The van der Waals surface area contributed by atoms with E-state index in [9.17, 15) is 4.79 Å². The van der Waals surface area contributed by atoms with Gasteiger partial charge in [0.15, 0.2) is 6.61 Å². The van der Waals surface area contributed by atoms with E-state index >= 15 is 0 Å². The van der Waals surface area contributed by atoms with Crippen LogP contribution in [0.15, 0.2) is 41.1 Å². The van der Waals surface area contributed by atoms with Crippen molar-refractivity contribution in [2.75, 3.05) is 6.61 Å². The van der Waals surface area contributed by atoms with Gasteiger partial charge in [-0.1, -0.05) is 32.9 Å². The summed E-state index contributed by atoms with van der Waals surface area (Å²) in [7, 11) is 0. The molecule has 4 heteroatoms. The number of hydrogen-bond acceptors (Lipinski definition) is 3. The van der Waals surface area contributed by atoms with Gasteiger partial charge in [-0.15, -0.1) is 0 Å². The number of rotatable bonds is 5. The quantitative estimate of drug-likeness (QED) is 0.913. The van der Waals surface area contributed by atoms with Crippen molar-refractivity contribution in [2.45, 2.75) is 32.7 Å². The van der Waals surface area contributed by atoms with Crippen LogP contribution >= 0.6 is 11.3 Å². The first-order chi connectivity index (χ1) is 9.95.